The molecule has 1 amide bonds. The van der Waals surface area contributed by atoms with E-state index in [0.717, 1.165) is 17.8 Å². The Kier molecular flexibility index (Phi) is 4.22. The normalized spacial score (nSPS) is 16.2. The van der Waals surface area contributed by atoms with Gasteiger partial charge in [0.2, 0.25) is 5.91 Å². The van der Waals surface area contributed by atoms with Crippen LogP contribution in [0.3, 0.4) is 0 Å². The Hall–Kier alpha value is -1.39. The van der Waals surface area contributed by atoms with E-state index >= 15 is 0 Å². The topological polar surface area (TPSA) is 41.6 Å². The maximum atomic E-state index is 12.1. The lowest BCUT2D eigenvalue weighted by Gasteiger charge is -2.25. The number of nitrogens with one attached hydrogen (secondary N) is 1. The number of nitrogens with zero attached hydrogens (tertiary/aromatic N) is 1. The maximum absolute atomic E-state index is 12.1. The summed E-state index contributed by atoms with van der Waals surface area (Å²) in [6.07, 6.45) is 0. The molecule has 0 fully saturated rings. The summed E-state index contributed by atoms with van der Waals surface area (Å²) in [5.41, 5.74) is 1.98. The molecule has 1 heterocycles. The molecule has 0 atom stereocenters. The lowest BCUT2D eigenvalue weighted by atomic mass is 10.1. The Morgan fingerprint density at radius 1 is 1.26 bits per heavy atom. The van der Waals surface area contributed by atoms with Crippen molar-refractivity contribution < 1.29 is 9.53 Å². The molecule has 4 nitrogen and oxygen atoms in total. The minimum absolute atomic E-state index is 0.0995. The fourth-order valence-electron chi connectivity index (χ4n) is 2.15. The van der Waals surface area contributed by atoms with Crippen LogP contribution in [-0.2, 0) is 16.1 Å². The van der Waals surface area contributed by atoms with Crippen LogP contribution in [0.4, 0.5) is 5.69 Å². The lowest BCUT2D eigenvalue weighted by Crippen LogP contribution is -2.38. The smallest absolute Gasteiger partial charge is 0.241 e. The van der Waals surface area contributed by atoms with Crippen LogP contribution in [0.15, 0.2) is 24.3 Å². The average Bonchev–Trinajstić information content (AvgIpc) is 2.48. The summed E-state index contributed by atoms with van der Waals surface area (Å²) in [5, 5.41) is 3.16. The highest BCUT2D eigenvalue weighted by atomic mass is 16.5. The van der Waals surface area contributed by atoms with Gasteiger partial charge in [-0.25, -0.2) is 0 Å². The van der Waals surface area contributed by atoms with Gasteiger partial charge in [-0.3, -0.25) is 4.79 Å². The highest BCUT2D eigenvalue weighted by Crippen LogP contribution is 2.22. The molecule has 1 aliphatic rings. The van der Waals surface area contributed by atoms with Crippen LogP contribution >= 0.6 is 0 Å². The number of carbonyl (C=O) groups excluding carboxylic acids is 1. The molecular weight excluding hydrogens is 240 g/mol. The van der Waals surface area contributed by atoms with Gasteiger partial charge < -0.3 is 15.0 Å². The first-order valence-corrected chi connectivity index (χ1v) is 6.70. The van der Waals surface area contributed by atoms with Gasteiger partial charge in [0.25, 0.3) is 0 Å². The number of ether oxygens (including phenoxy) is 1. The molecule has 1 aliphatic heterocycles. The van der Waals surface area contributed by atoms with E-state index in [1.807, 2.05) is 43.9 Å². The number of anilines is 1. The zero-order valence-corrected chi connectivity index (χ0v) is 11.9. The number of fused-ring (bicyclic) bond motifs is 1. The summed E-state index contributed by atoms with van der Waals surface area (Å²) < 4.78 is 5.72. The molecule has 0 bridgehead atoms. The summed E-state index contributed by atoms with van der Waals surface area (Å²) in [5.74, 6) is 0.0995. The van der Waals surface area contributed by atoms with E-state index in [0.29, 0.717) is 19.7 Å². The second-order valence-corrected chi connectivity index (χ2v) is 5.74. The number of benzene rings is 1. The van der Waals surface area contributed by atoms with Gasteiger partial charge in [0.05, 0.1) is 18.8 Å². The van der Waals surface area contributed by atoms with E-state index < -0.39 is 0 Å². The van der Waals surface area contributed by atoms with Crippen molar-refractivity contribution >= 4 is 11.6 Å². The molecule has 104 valence electrons. The third-order valence-electron chi connectivity index (χ3n) is 3.03. The van der Waals surface area contributed by atoms with Crippen LogP contribution in [0.25, 0.3) is 0 Å². The van der Waals surface area contributed by atoms with Crippen LogP contribution in [0.2, 0.25) is 0 Å². The third-order valence-corrected chi connectivity index (χ3v) is 3.03. The second-order valence-electron chi connectivity index (χ2n) is 5.74. The van der Waals surface area contributed by atoms with Crippen molar-refractivity contribution in [3.05, 3.63) is 29.8 Å². The van der Waals surface area contributed by atoms with E-state index in [4.69, 9.17) is 4.74 Å². The van der Waals surface area contributed by atoms with Gasteiger partial charge in [0.15, 0.2) is 0 Å². The molecule has 1 aromatic rings. The van der Waals surface area contributed by atoms with Crippen LogP contribution in [0.5, 0.6) is 0 Å². The summed E-state index contributed by atoms with van der Waals surface area (Å²) in [4.78, 5) is 14.0. The molecule has 1 N–H and O–H groups in total. The first kappa shape index (κ1) is 14.0. The minimum atomic E-state index is -0.174. The predicted octanol–water partition coefficient (Wildman–Crippen LogP) is 1.94. The van der Waals surface area contributed by atoms with Crippen LogP contribution in [0.1, 0.15) is 26.3 Å². The zero-order chi connectivity index (χ0) is 13.9. The Balaban J connectivity index is 2.11. The molecule has 1 aromatic carbocycles. The van der Waals surface area contributed by atoms with Gasteiger partial charge in [0.1, 0.15) is 0 Å². The van der Waals surface area contributed by atoms with E-state index in [9.17, 15) is 4.79 Å². The molecule has 0 spiro atoms. The maximum Gasteiger partial charge on any atom is 0.241 e. The summed E-state index contributed by atoms with van der Waals surface area (Å²) in [7, 11) is 0. The number of amides is 1. The van der Waals surface area contributed by atoms with Gasteiger partial charge in [-0.15, -0.1) is 0 Å². The average molecular weight is 262 g/mol. The van der Waals surface area contributed by atoms with Gasteiger partial charge in [-0.05, 0) is 32.4 Å². The van der Waals surface area contributed by atoms with Gasteiger partial charge in [0, 0.05) is 18.8 Å². The third kappa shape index (κ3) is 3.78. The molecule has 0 saturated heterocycles. The number of carbonyl (C=O) groups is 1. The SMILES string of the molecule is CC(C)(C)OCCN1C(=O)CNCc2ccccc21. The van der Waals surface area contributed by atoms with Crippen molar-refractivity contribution in [2.45, 2.75) is 32.9 Å². The Labute approximate surface area is 114 Å². The molecule has 0 aromatic heterocycles. The van der Waals surface area contributed by atoms with Crippen LogP contribution < -0.4 is 10.2 Å². The molecule has 4 heteroatoms. The van der Waals surface area contributed by atoms with Crippen molar-refractivity contribution in [3.8, 4) is 0 Å². The van der Waals surface area contributed by atoms with Crippen molar-refractivity contribution in [2.75, 3.05) is 24.6 Å². The standard InChI is InChI=1S/C15H22N2O2/c1-15(2,3)19-9-8-17-13-7-5-4-6-12(13)10-16-11-14(17)18/h4-7,16H,8-11H2,1-3H3. The van der Waals surface area contributed by atoms with Crippen molar-refractivity contribution in [3.63, 3.8) is 0 Å². The number of hydrogen-bond acceptors (Lipinski definition) is 3. The monoisotopic (exact) mass is 262 g/mol. The lowest BCUT2D eigenvalue weighted by molar-refractivity contribution is -0.118. The molecular formula is C15H22N2O2. The minimum Gasteiger partial charge on any atom is -0.374 e. The molecule has 19 heavy (non-hydrogen) atoms. The van der Waals surface area contributed by atoms with Gasteiger partial charge in [-0.2, -0.15) is 0 Å². The Bertz CT molecular complexity index is 452. The summed E-state index contributed by atoms with van der Waals surface area (Å²) >= 11 is 0. The largest absolute Gasteiger partial charge is 0.374 e. The number of rotatable bonds is 3. The molecule has 0 saturated carbocycles. The van der Waals surface area contributed by atoms with E-state index in [2.05, 4.69) is 11.4 Å². The Morgan fingerprint density at radius 2 is 2.00 bits per heavy atom. The number of para-hydroxylation sites is 1. The first-order valence-electron chi connectivity index (χ1n) is 6.70. The fourth-order valence-corrected chi connectivity index (χ4v) is 2.15. The highest BCUT2D eigenvalue weighted by molar-refractivity contribution is 5.96. The van der Waals surface area contributed by atoms with Crippen molar-refractivity contribution in [2.24, 2.45) is 0 Å². The number of hydrogen-bond donors (Lipinski definition) is 1. The highest BCUT2D eigenvalue weighted by Gasteiger charge is 2.22. The van der Waals surface area contributed by atoms with Gasteiger partial charge in [-0.1, -0.05) is 18.2 Å². The van der Waals surface area contributed by atoms with Crippen LogP contribution in [-0.4, -0.2) is 31.2 Å². The molecule has 0 aliphatic carbocycles. The van der Waals surface area contributed by atoms with Crippen molar-refractivity contribution in [1.82, 2.24) is 5.32 Å². The summed E-state index contributed by atoms with van der Waals surface area (Å²) in [6, 6.07) is 8.02. The first-order chi connectivity index (χ1) is 8.97. The molecule has 2 rings (SSSR count). The fraction of sp³-hybridized carbons (Fsp3) is 0.533. The van der Waals surface area contributed by atoms with E-state index in [1.54, 1.807) is 0 Å². The van der Waals surface area contributed by atoms with E-state index in [-0.39, 0.29) is 11.5 Å². The zero-order valence-electron chi connectivity index (χ0n) is 11.9. The molecule has 0 radical (unpaired) electrons. The van der Waals surface area contributed by atoms with E-state index in [1.165, 1.54) is 0 Å². The van der Waals surface area contributed by atoms with Crippen molar-refractivity contribution in [1.29, 1.82) is 0 Å². The Morgan fingerprint density at radius 3 is 2.74 bits per heavy atom. The second kappa shape index (κ2) is 5.72. The predicted molar refractivity (Wildman–Crippen MR) is 76.2 cm³/mol. The molecule has 0 unspecified atom stereocenters. The van der Waals surface area contributed by atoms with Crippen LogP contribution in [0, 0.1) is 0 Å². The quantitative estimate of drug-likeness (QED) is 0.905. The summed E-state index contributed by atoms with van der Waals surface area (Å²) in [6.45, 7) is 8.31. The van der Waals surface area contributed by atoms with Gasteiger partial charge >= 0.3 is 0 Å².